The summed E-state index contributed by atoms with van der Waals surface area (Å²) in [4.78, 5) is 14.5. The lowest BCUT2D eigenvalue weighted by atomic mass is 10.0. The number of rotatable bonds is 6. The van der Waals surface area contributed by atoms with Gasteiger partial charge in [-0.15, -0.1) is 11.3 Å². The Hall–Kier alpha value is -1.52. The third-order valence-corrected chi connectivity index (χ3v) is 7.96. The molecule has 1 aliphatic rings. The van der Waals surface area contributed by atoms with Crippen molar-refractivity contribution >= 4 is 44.6 Å². The molecule has 1 atom stereocenters. The Balaban J connectivity index is 1.53. The summed E-state index contributed by atoms with van der Waals surface area (Å²) in [6.45, 7) is 2.95. The molecule has 6 nitrogen and oxygen atoms in total. The molecule has 0 bridgehead atoms. The summed E-state index contributed by atoms with van der Waals surface area (Å²) in [5, 5.41) is 4.58. The summed E-state index contributed by atoms with van der Waals surface area (Å²) in [6.07, 6.45) is 1.22. The fraction of sp³-hybridized carbons (Fsp3) is 0.389. The molecule has 1 aliphatic heterocycles. The number of nitrogens with zero attached hydrogens (tertiary/aromatic N) is 1. The molecule has 0 radical (unpaired) electrons. The molecule has 1 aromatic heterocycles. The zero-order valence-electron chi connectivity index (χ0n) is 15.2. The molecule has 10 heteroatoms. The second-order valence-electron chi connectivity index (χ2n) is 6.65. The molecule has 0 saturated carbocycles. The zero-order chi connectivity index (χ0) is 20.3. The molecular weight excluding hydrogens is 425 g/mol. The van der Waals surface area contributed by atoms with Crippen LogP contribution in [-0.4, -0.2) is 44.4 Å². The molecule has 2 N–H and O–H groups in total. The smallest absolute Gasteiger partial charge is 0.250 e. The van der Waals surface area contributed by atoms with Crippen LogP contribution in [0.3, 0.4) is 0 Å². The Morgan fingerprint density at radius 1 is 1.32 bits per heavy atom. The standard InChI is InChI=1S/C18H21ClFN3O3S2/c1-12(18(24)21-16-5-4-13(20)11-15(16)19)23-8-6-14(7-9-23)22-28(25,26)17-3-2-10-27-17/h2-5,10-12,14,22H,6-9H2,1H3,(H,21,24). The average molecular weight is 446 g/mol. The minimum absolute atomic E-state index is 0.141. The largest absolute Gasteiger partial charge is 0.323 e. The summed E-state index contributed by atoms with van der Waals surface area (Å²) < 4.78 is 40.8. The van der Waals surface area contributed by atoms with Crippen LogP contribution in [-0.2, 0) is 14.8 Å². The van der Waals surface area contributed by atoms with E-state index >= 15 is 0 Å². The summed E-state index contributed by atoms with van der Waals surface area (Å²) in [6, 6.07) is 6.50. The number of hydrogen-bond acceptors (Lipinski definition) is 5. The molecule has 152 valence electrons. The van der Waals surface area contributed by atoms with Crippen LogP contribution in [0.1, 0.15) is 19.8 Å². The summed E-state index contributed by atoms with van der Waals surface area (Å²) >= 11 is 7.14. The SMILES string of the molecule is CC(C(=O)Nc1ccc(F)cc1Cl)N1CCC(NS(=O)(=O)c2cccs2)CC1. The van der Waals surface area contributed by atoms with Gasteiger partial charge in [0, 0.05) is 19.1 Å². The van der Waals surface area contributed by atoms with Crippen LogP contribution in [0.15, 0.2) is 39.9 Å². The van der Waals surface area contributed by atoms with Gasteiger partial charge in [0.15, 0.2) is 0 Å². The molecule has 3 rings (SSSR count). The Bertz CT molecular complexity index is 930. The summed E-state index contributed by atoms with van der Waals surface area (Å²) in [5.41, 5.74) is 0.360. The summed E-state index contributed by atoms with van der Waals surface area (Å²) in [5.74, 6) is -0.714. The molecule has 1 unspecified atom stereocenters. The molecule has 1 fully saturated rings. The highest BCUT2D eigenvalue weighted by Crippen LogP contribution is 2.24. The maximum absolute atomic E-state index is 13.1. The average Bonchev–Trinajstić information content (AvgIpc) is 3.19. The first-order valence-corrected chi connectivity index (χ1v) is 11.6. The first kappa shape index (κ1) is 21.2. The van der Waals surface area contributed by atoms with Crippen LogP contribution in [0.5, 0.6) is 0 Å². The van der Waals surface area contributed by atoms with Crippen molar-refractivity contribution in [2.45, 2.75) is 36.1 Å². The normalized spacial score (nSPS) is 17.4. The Labute approximate surface area is 172 Å². The quantitative estimate of drug-likeness (QED) is 0.715. The van der Waals surface area contributed by atoms with Crippen LogP contribution in [0, 0.1) is 5.82 Å². The highest BCUT2D eigenvalue weighted by Gasteiger charge is 2.29. The van der Waals surface area contributed by atoms with E-state index in [9.17, 15) is 17.6 Å². The van der Waals surface area contributed by atoms with Gasteiger partial charge in [-0.25, -0.2) is 17.5 Å². The lowest BCUT2D eigenvalue weighted by molar-refractivity contribution is -0.121. The predicted octanol–water partition coefficient (Wildman–Crippen LogP) is 3.31. The van der Waals surface area contributed by atoms with Crippen molar-refractivity contribution in [3.8, 4) is 0 Å². The van der Waals surface area contributed by atoms with Crippen molar-refractivity contribution in [2.24, 2.45) is 0 Å². The Morgan fingerprint density at radius 3 is 2.64 bits per heavy atom. The first-order valence-electron chi connectivity index (χ1n) is 8.82. The molecule has 1 amide bonds. The third-order valence-electron chi connectivity index (χ3n) is 4.73. The van der Waals surface area contributed by atoms with Gasteiger partial charge in [0.05, 0.1) is 16.8 Å². The van der Waals surface area contributed by atoms with Gasteiger partial charge in [0.2, 0.25) is 15.9 Å². The molecule has 2 aromatic rings. The van der Waals surface area contributed by atoms with E-state index in [1.54, 1.807) is 24.4 Å². The van der Waals surface area contributed by atoms with E-state index in [1.165, 1.54) is 23.5 Å². The number of carbonyl (C=O) groups excluding carboxylic acids is 1. The van der Waals surface area contributed by atoms with E-state index in [1.807, 2.05) is 4.90 Å². The van der Waals surface area contributed by atoms with Gasteiger partial charge in [-0.3, -0.25) is 9.69 Å². The Kier molecular flexibility index (Phi) is 6.72. The zero-order valence-corrected chi connectivity index (χ0v) is 17.6. The van der Waals surface area contributed by atoms with Gasteiger partial charge in [-0.2, -0.15) is 0 Å². The summed E-state index contributed by atoms with van der Waals surface area (Å²) in [7, 11) is -3.49. The highest BCUT2D eigenvalue weighted by atomic mass is 35.5. The molecular formula is C18H21ClFN3O3S2. The van der Waals surface area contributed by atoms with Crippen LogP contribution < -0.4 is 10.0 Å². The molecule has 28 heavy (non-hydrogen) atoms. The van der Waals surface area contributed by atoms with Gasteiger partial charge >= 0.3 is 0 Å². The van der Waals surface area contributed by atoms with Crippen LogP contribution in [0.2, 0.25) is 5.02 Å². The van der Waals surface area contributed by atoms with Crippen molar-refractivity contribution in [2.75, 3.05) is 18.4 Å². The lowest BCUT2D eigenvalue weighted by Crippen LogP contribution is -2.50. The van der Waals surface area contributed by atoms with Gasteiger partial charge in [-0.1, -0.05) is 17.7 Å². The van der Waals surface area contributed by atoms with Crippen LogP contribution in [0.25, 0.3) is 0 Å². The molecule has 0 spiro atoms. The Morgan fingerprint density at radius 2 is 2.04 bits per heavy atom. The number of thiophene rings is 1. The second kappa shape index (κ2) is 8.87. The number of benzene rings is 1. The molecule has 1 aromatic carbocycles. The second-order valence-corrected chi connectivity index (χ2v) is 9.95. The number of piperidine rings is 1. The maximum atomic E-state index is 13.1. The van der Waals surface area contributed by atoms with Crippen molar-refractivity contribution in [3.05, 3.63) is 46.6 Å². The predicted molar refractivity (Wildman–Crippen MR) is 109 cm³/mol. The number of sulfonamides is 1. The minimum atomic E-state index is -3.49. The number of likely N-dealkylation sites (tertiary alicyclic amines) is 1. The van der Waals surface area contributed by atoms with Gasteiger partial charge < -0.3 is 5.32 Å². The van der Waals surface area contributed by atoms with Gasteiger partial charge in [0.1, 0.15) is 10.0 Å². The number of amides is 1. The van der Waals surface area contributed by atoms with E-state index in [4.69, 9.17) is 11.6 Å². The minimum Gasteiger partial charge on any atom is -0.323 e. The topological polar surface area (TPSA) is 78.5 Å². The van der Waals surface area contributed by atoms with E-state index in [-0.39, 0.29) is 17.0 Å². The maximum Gasteiger partial charge on any atom is 0.250 e. The van der Waals surface area contributed by atoms with Gasteiger partial charge in [-0.05, 0) is 49.4 Å². The number of carbonyl (C=O) groups is 1. The number of hydrogen-bond donors (Lipinski definition) is 2. The lowest BCUT2D eigenvalue weighted by Gasteiger charge is -2.35. The monoisotopic (exact) mass is 445 g/mol. The number of halogens is 2. The highest BCUT2D eigenvalue weighted by molar-refractivity contribution is 7.91. The van der Waals surface area contributed by atoms with Gasteiger partial charge in [0.25, 0.3) is 0 Å². The molecule has 0 aliphatic carbocycles. The van der Waals surface area contributed by atoms with E-state index in [0.717, 1.165) is 6.07 Å². The fourth-order valence-corrected chi connectivity index (χ4v) is 5.62. The fourth-order valence-electron chi connectivity index (χ4n) is 3.09. The van der Waals surface area contributed by atoms with Crippen molar-refractivity contribution in [1.29, 1.82) is 0 Å². The number of nitrogens with one attached hydrogen (secondary N) is 2. The van der Waals surface area contributed by atoms with Crippen LogP contribution in [0.4, 0.5) is 10.1 Å². The van der Waals surface area contributed by atoms with Crippen molar-refractivity contribution in [3.63, 3.8) is 0 Å². The van der Waals surface area contributed by atoms with E-state index < -0.39 is 21.9 Å². The van der Waals surface area contributed by atoms with Crippen molar-refractivity contribution < 1.29 is 17.6 Å². The van der Waals surface area contributed by atoms with E-state index in [0.29, 0.717) is 35.8 Å². The van der Waals surface area contributed by atoms with Crippen LogP contribution >= 0.6 is 22.9 Å². The first-order chi connectivity index (χ1) is 13.3. The van der Waals surface area contributed by atoms with Crippen molar-refractivity contribution in [1.82, 2.24) is 9.62 Å². The number of anilines is 1. The molecule has 1 saturated heterocycles. The third kappa shape index (κ3) is 5.09. The van der Waals surface area contributed by atoms with E-state index in [2.05, 4.69) is 10.0 Å². The molecule has 2 heterocycles.